The number of piperidine rings is 1. The molecule has 1 aliphatic heterocycles. The van der Waals surface area contributed by atoms with Crippen LogP contribution in [0.25, 0.3) is 0 Å². The monoisotopic (exact) mass is 390 g/mol. The lowest BCUT2D eigenvalue weighted by atomic mass is 9.95. The zero-order chi connectivity index (χ0) is 19.9. The number of esters is 1. The number of carbonyl (C=O) groups excluding carboxylic acids is 3. The van der Waals surface area contributed by atoms with Gasteiger partial charge in [0, 0.05) is 13.1 Å². The molecule has 0 aromatic rings. The minimum Gasteiger partial charge on any atom is -0.449 e. The molecule has 1 atom stereocenters. The average Bonchev–Trinajstić information content (AvgIpc) is 2.51. The van der Waals surface area contributed by atoms with Crippen molar-refractivity contribution >= 4 is 29.6 Å². The van der Waals surface area contributed by atoms with Crippen LogP contribution in [-0.4, -0.2) is 53.7 Å². The van der Waals surface area contributed by atoms with Gasteiger partial charge in [0.25, 0.3) is 0 Å². The van der Waals surface area contributed by atoms with E-state index in [0.717, 1.165) is 0 Å². The minimum absolute atomic E-state index is 0.145. The first-order valence-corrected chi connectivity index (χ1v) is 9.57. The highest BCUT2D eigenvalue weighted by Crippen LogP contribution is 2.21. The summed E-state index contributed by atoms with van der Waals surface area (Å²) in [5.74, 6) is -0.471. The SMILES string of the molecule is CC(C)C[C@H](NC(=O)OC(C)(C)C)C(=O)N1CCC(C(=O)OCCl)CC1. The zero-order valence-electron chi connectivity index (χ0n) is 16.3. The van der Waals surface area contributed by atoms with Crippen molar-refractivity contribution < 1.29 is 23.9 Å². The Morgan fingerprint density at radius 3 is 2.23 bits per heavy atom. The standard InChI is InChI=1S/C18H31ClN2O5/c1-12(2)10-14(20-17(24)26-18(3,4)5)15(22)21-8-6-13(7-9-21)16(23)25-11-19/h12-14H,6-11H2,1-5H3,(H,20,24)/t14-/m0/s1. The summed E-state index contributed by atoms with van der Waals surface area (Å²) in [7, 11) is 0. The second-order valence-corrected chi connectivity index (χ2v) is 8.22. The van der Waals surface area contributed by atoms with Crippen LogP contribution in [0.2, 0.25) is 0 Å². The van der Waals surface area contributed by atoms with Gasteiger partial charge in [-0.05, 0) is 46.0 Å². The van der Waals surface area contributed by atoms with Crippen molar-refractivity contribution in [3.8, 4) is 0 Å². The van der Waals surface area contributed by atoms with Crippen molar-refractivity contribution in [3.05, 3.63) is 0 Å². The largest absolute Gasteiger partial charge is 0.449 e. The van der Waals surface area contributed by atoms with E-state index in [1.165, 1.54) is 0 Å². The van der Waals surface area contributed by atoms with Gasteiger partial charge in [-0.15, -0.1) is 0 Å². The molecular weight excluding hydrogens is 360 g/mol. The lowest BCUT2D eigenvalue weighted by molar-refractivity contribution is -0.150. The Hall–Kier alpha value is -1.50. The number of amides is 2. The molecule has 0 unspecified atom stereocenters. The summed E-state index contributed by atoms with van der Waals surface area (Å²) in [4.78, 5) is 38.4. The number of likely N-dealkylation sites (tertiary alicyclic amines) is 1. The topological polar surface area (TPSA) is 84.9 Å². The highest BCUT2D eigenvalue weighted by Gasteiger charge is 2.33. The Morgan fingerprint density at radius 1 is 1.19 bits per heavy atom. The molecule has 0 saturated carbocycles. The van der Waals surface area contributed by atoms with Crippen LogP contribution < -0.4 is 5.32 Å². The molecule has 0 spiro atoms. The molecule has 0 aliphatic carbocycles. The van der Waals surface area contributed by atoms with Crippen molar-refractivity contribution in [2.75, 3.05) is 19.2 Å². The van der Waals surface area contributed by atoms with E-state index >= 15 is 0 Å². The summed E-state index contributed by atoms with van der Waals surface area (Å²) in [5.41, 5.74) is -0.628. The molecule has 8 heteroatoms. The van der Waals surface area contributed by atoms with Gasteiger partial charge in [0.05, 0.1) is 5.92 Å². The number of alkyl carbamates (subject to hydrolysis) is 1. The first-order valence-electron chi connectivity index (χ1n) is 9.04. The summed E-state index contributed by atoms with van der Waals surface area (Å²) in [5, 5.41) is 2.69. The van der Waals surface area contributed by atoms with E-state index in [1.54, 1.807) is 25.7 Å². The van der Waals surface area contributed by atoms with Crippen LogP contribution in [0.15, 0.2) is 0 Å². The molecule has 1 N–H and O–H groups in total. The molecule has 150 valence electrons. The molecule has 0 aromatic heterocycles. The number of alkyl halides is 1. The van der Waals surface area contributed by atoms with E-state index < -0.39 is 17.7 Å². The third kappa shape index (κ3) is 7.81. The van der Waals surface area contributed by atoms with E-state index in [4.69, 9.17) is 21.1 Å². The van der Waals surface area contributed by atoms with Crippen LogP contribution in [0.3, 0.4) is 0 Å². The number of halogens is 1. The first-order chi connectivity index (χ1) is 12.0. The van der Waals surface area contributed by atoms with Crippen LogP contribution in [0, 0.1) is 11.8 Å². The van der Waals surface area contributed by atoms with Gasteiger partial charge in [-0.1, -0.05) is 25.4 Å². The third-order valence-electron chi connectivity index (χ3n) is 4.03. The summed E-state index contributed by atoms with van der Waals surface area (Å²) in [6.45, 7) is 10.2. The van der Waals surface area contributed by atoms with E-state index in [-0.39, 0.29) is 29.8 Å². The molecule has 0 bridgehead atoms. The maximum atomic E-state index is 12.9. The Bertz CT molecular complexity index is 496. The highest BCUT2D eigenvalue weighted by atomic mass is 35.5. The molecule has 0 radical (unpaired) electrons. The maximum Gasteiger partial charge on any atom is 0.408 e. The maximum absolute atomic E-state index is 12.9. The predicted molar refractivity (Wildman–Crippen MR) is 98.7 cm³/mol. The average molecular weight is 391 g/mol. The van der Waals surface area contributed by atoms with E-state index in [9.17, 15) is 14.4 Å². The van der Waals surface area contributed by atoms with E-state index in [2.05, 4.69) is 5.32 Å². The Balaban J connectivity index is 2.66. The molecule has 0 aromatic carbocycles. The lowest BCUT2D eigenvalue weighted by Gasteiger charge is -2.34. The first kappa shape index (κ1) is 22.5. The summed E-state index contributed by atoms with van der Waals surface area (Å²) in [6.07, 6.45) is 0.980. The number of ether oxygens (including phenoxy) is 2. The fraction of sp³-hybridized carbons (Fsp3) is 0.833. The van der Waals surface area contributed by atoms with Gasteiger partial charge < -0.3 is 19.7 Å². The normalized spacial score (nSPS) is 17.0. The van der Waals surface area contributed by atoms with E-state index in [1.807, 2.05) is 13.8 Å². The number of rotatable bonds is 6. The fourth-order valence-electron chi connectivity index (χ4n) is 2.87. The van der Waals surface area contributed by atoms with Crippen LogP contribution in [0.1, 0.15) is 53.9 Å². The quantitative estimate of drug-likeness (QED) is 0.556. The van der Waals surface area contributed by atoms with Crippen molar-refractivity contribution in [3.63, 3.8) is 0 Å². The molecule has 1 fully saturated rings. The molecule has 1 heterocycles. The second kappa shape index (κ2) is 10.00. The Labute approximate surface area is 160 Å². The van der Waals surface area contributed by atoms with E-state index in [0.29, 0.717) is 32.4 Å². The van der Waals surface area contributed by atoms with Gasteiger partial charge >= 0.3 is 12.1 Å². The van der Waals surface area contributed by atoms with Crippen LogP contribution >= 0.6 is 11.6 Å². The van der Waals surface area contributed by atoms with Gasteiger partial charge in [-0.2, -0.15) is 0 Å². The van der Waals surface area contributed by atoms with Gasteiger partial charge in [-0.25, -0.2) is 4.79 Å². The van der Waals surface area contributed by atoms with Crippen LogP contribution in [0.4, 0.5) is 4.79 Å². The summed E-state index contributed by atoms with van der Waals surface area (Å²) in [6, 6.07) is -0.801. The molecule has 7 nitrogen and oxygen atoms in total. The molecule has 1 rings (SSSR count). The van der Waals surface area contributed by atoms with Gasteiger partial charge in [0.2, 0.25) is 5.91 Å². The predicted octanol–water partition coefficient (Wildman–Crippen LogP) is 2.90. The zero-order valence-corrected chi connectivity index (χ0v) is 17.1. The third-order valence-corrected chi connectivity index (χ3v) is 4.14. The Morgan fingerprint density at radius 2 is 1.77 bits per heavy atom. The van der Waals surface area contributed by atoms with Crippen molar-refractivity contribution in [2.45, 2.75) is 65.5 Å². The summed E-state index contributed by atoms with van der Waals surface area (Å²) < 4.78 is 10.1. The molecule has 1 aliphatic rings. The lowest BCUT2D eigenvalue weighted by Crippen LogP contribution is -2.52. The van der Waals surface area contributed by atoms with Crippen molar-refractivity contribution in [1.82, 2.24) is 10.2 Å². The van der Waals surface area contributed by atoms with Crippen LogP contribution in [-0.2, 0) is 19.1 Å². The van der Waals surface area contributed by atoms with Crippen molar-refractivity contribution in [1.29, 1.82) is 0 Å². The molecule has 1 saturated heterocycles. The second-order valence-electron chi connectivity index (χ2n) is 8.00. The van der Waals surface area contributed by atoms with Crippen molar-refractivity contribution in [2.24, 2.45) is 11.8 Å². The smallest absolute Gasteiger partial charge is 0.408 e. The fourth-order valence-corrected chi connectivity index (χ4v) is 2.98. The number of nitrogens with one attached hydrogen (secondary N) is 1. The van der Waals surface area contributed by atoms with Gasteiger partial charge in [0.1, 0.15) is 11.6 Å². The van der Waals surface area contributed by atoms with Crippen LogP contribution in [0.5, 0.6) is 0 Å². The number of hydrogen-bond acceptors (Lipinski definition) is 5. The minimum atomic E-state index is -0.642. The molecular formula is C18H31ClN2O5. The number of hydrogen-bond donors (Lipinski definition) is 1. The van der Waals surface area contributed by atoms with Gasteiger partial charge in [-0.3, -0.25) is 9.59 Å². The number of carbonyl (C=O) groups is 3. The number of nitrogens with zero attached hydrogens (tertiary/aromatic N) is 1. The Kier molecular flexibility index (Phi) is 8.67. The highest BCUT2D eigenvalue weighted by molar-refractivity contribution is 6.17. The molecule has 2 amide bonds. The molecule has 26 heavy (non-hydrogen) atoms. The summed E-state index contributed by atoms with van der Waals surface area (Å²) >= 11 is 5.42. The van der Waals surface area contributed by atoms with Gasteiger partial charge in [0.15, 0.2) is 6.07 Å².